The first-order valence-electron chi connectivity index (χ1n) is 6.52. The van der Waals surface area contributed by atoms with Crippen LogP contribution < -0.4 is 10.2 Å². The van der Waals surface area contributed by atoms with Crippen molar-refractivity contribution in [2.24, 2.45) is 5.10 Å². The first-order valence-corrected chi connectivity index (χ1v) is 8.51. The monoisotopic (exact) mass is 431 g/mol. The highest BCUT2D eigenvalue weighted by Crippen LogP contribution is 2.29. The number of amides is 1. The van der Waals surface area contributed by atoms with Crippen molar-refractivity contribution in [2.45, 2.75) is 6.92 Å². The fourth-order valence-electron chi connectivity index (χ4n) is 1.64. The van der Waals surface area contributed by atoms with Gasteiger partial charge in [-0.15, -0.1) is 11.3 Å². The predicted octanol–water partition coefficient (Wildman–Crippen LogP) is 3.99. The van der Waals surface area contributed by atoms with Crippen molar-refractivity contribution in [3.8, 4) is 5.75 Å². The second kappa shape index (κ2) is 8.22. The van der Waals surface area contributed by atoms with Crippen LogP contribution in [-0.4, -0.2) is 23.1 Å². The van der Waals surface area contributed by atoms with Gasteiger partial charge < -0.3 is 4.74 Å². The minimum absolute atomic E-state index is 0.0394. The molecule has 10 heteroatoms. The van der Waals surface area contributed by atoms with Crippen LogP contribution in [0, 0.1) is 10.1 Å². The van der Waals surface area contributed by atoms with Crippen LogP contribution in [0.25, 0.3) is 0 Å². The summed E-state index contributed by atoms with van der Waals surface area (Å²) in [5.74, 6) is -0.573. The van der Waals surface area contributed by atoms with E-state index in [9.17, 15) is 14.9 Å². The summed E-state index contributed by atoms with van der Waals surface area (Å²) in [6, 6.07) is 7.69. The normalized spacial score (nSPS) is 11.2. The average molecular weight is 433 g/mol. The molecule has 0 aliphatic rings. The Morgan fingerprint density at radius 1 is 1.46 bits per heavy atom. The number of thiophene rings is 1. The lowest BCUT2D eigenvalue weighted by atomic mass is 10.3. The molecule has 0 aliphatic heterocycles. The molecular formula is C14H11BrClN3O4S. The zero-order valence-electron chi connectivity index (χ0n) is 12.3. The molecule has 2 rings (SSSR count). The molecule has 0 saturated carbocycles. The molecule has 0 radical (unpaired) electrons. The number of nitro benzene ring substituents is 1. The molecule has 1 N–H and O–H groups in total. The number of nitro groups is 1. The molecule has 0 bridgehead atoms. The van der Waals surface area contributed by atoms with E-state index in [1.54, 1.807) is 6.92 Å². The van der Waals surface area contributed by atoms with E-state index in [-0.39, 0.29) is 16.5 Å². The maximum Gasteiger partial charge on any atom is 0.312 e. The average Bonchev–Trinajstić information content (AvgIpc) is 2.97. The molecule has 0 saturated heterocycles. The Hall–Kier alpha value is -1.97. The van der Waals surface area contributed by atoms with Gasteiger partial charge in [0.15, 0.2) is 12.4 Å². The second-order valence-electron chi connectivity index (χ2n) is 4.49. The third kappa shape index (κ3) is 5.02. The number of nitrogens with zero attached hydrogens (tertiary/aromatic N) is 2. The van der Waals surface area contributed by atoms with Crippen molar-refractivity contribution >= 4 is 56.2 Å². The van der Waals surface area contributed by atoms with E-state index in [4.69, 9.17) is 16.3 Å². The van der Waals surface area contributed by atoms with Crippen LogP contribution in [0.5, 0.6) is 5.75 Å². The van der Waals surface area contributed by atoms with Crippen LogP contribution in [0.1, 0.15) is 11.8 Å². The van der Waals surface area contributed by atoms with Gasteiger partial charge in [0.1, 0.15) is 0 Å². The van der Waals surface area contributed by atoms with Crippen LogP contribution in [0.2, 0.25) is 5.02 Å². The number of benzene rings is 1. The molecule has 1 amide bonds. The van der Waals surface area contributed by atoms with Gasteiger partial charge in [0.25, 0.3) is 5.91 Å². The molecule has 0 atom stereocenters. The van der Waals surface area contributed by atoms with Gasteiger partial charge in [-0.3, -0.25) is 14.9 Å². The Bertz CT molecular complexity index is 809. The molecule has 24 heavy (non-hydrogen) atoms. The lowest BCUT2D eigenvalue weighted by Gasteiger charge is -2.06. The van der Waals surface area contributed by atoms with Gasteiger partial charge >= 0.3 is 5.69 Å². The summed E-state index contributed by atoms with van der Waals surface area (Å²) in [4.78, 5) is 23.0. The third-order valence-corrected chi connectivity index (χ3v) is 4.72. The Morgan fingerprint density at radius 3 is 2.83 bits per heavy atom. The zero-order valence-corrected chi connectivity index (χ0v) is 15.4. The summed E-state index contributed by atoms with van der Waals surface area (Å²) < 4.78 is 6.13. The van der Waals surface area contributed by atoms with Gasteiger partial charge in [0, 0.05) is 11.1 Å². The van der Waals surface area contributed by atoms with E-state index < -0.39 is 17.4 Å². The molecular weight excluding hydrogens is 422 g/mol. The van der Waals surface area contributed by atoms with Crippen LogP contribution in [0.3, 0.4) is 0 Å². The molecule has 2 aromatic rings. The summed E-state index contributed by atoms with van der Waals surface area (Å²) in [5.41, 5.74) is 2.67. The van der Waals surface area contributed by atoms with Gasteiger partial charge in [-0.1, -0.05) is 11.6 Å². The Morgan fingerprint density at radius 2 is 2.21 bits per heavy atom. The first kappa shape index (κ1) is 18.4. The van der Waals surface area contributed by atoms with Gasteiger partial charge in [0.2, 0.25) is 0 Å². The molecule has 0 fully saturated rings. The van der Waals surface area contributed by atoms with Gasteiger partial charge in [-0.05, 0) is 47.1 Å². The number of nitrogens with one attached hydrogen (secondary N) is 1. The minimum Gasteiger partial charge on any atom is -0.477 e. The third-order valence-electron chi connectivity index (χ3n) is 2.75. The summed E-state index contributed by atoms with van der Waals surface area (Å²) in [5, 5.41) is 15.1. The molecule has 126 valence electrons. The molecule has 1 aromatic heterocycles. The topological polar surface area (TPSA) is 93.8 Å². The van der Waals surface area contributed by atoms with Gasteiger partial charge in [0.05, 0.1) is 19.3 Å². The second-order valence-corrected chi connectivity index (χ2v) is 7.39. The lowest BCUT2D eigenvalue weighted by molar-refractivity contribution is -0.385. The quantitative estimate of drug-likeness (QED) is 0.424. The van der Waals surface area contributed by atoms with E-state index in [0.717, 1.165) is 14.7 Å². The number of carbonyl (C=O) groups excluding carboxylic acids is 1. The highest BCUT2D eigenvalue weighted by atomic mass is 79.9. The highest BCUT2D eigenvalue weighted by molar-refractivity contribution is 9.11. The number of ether oxygens (including phenoxy) is 1. The minimum atomic E-state index is -0.629. The summed E-state index contributed by atoms with van der Waals surface area (Å²) in [6.45, 7) is 1.34. The van der Waals surface area contributed by atoms with Crippen molar-refractivity contribution in [1.29, 1.82) is 0 Å². The Balaban J connectivity index is 1.95. The summed E-state index contributed by atoms with van der Waals surface area (Å²) >= 11 is 10.5. The first-order chi connectivity index (χ1) is 11.4. The standard InChI is InChI=1S/C14H11BrClN3O4S/c1-8(12-4-5-13(15)24-12)17-18-14(20)7-23-11-3-2-9(16)6-10(11)19(21)22/h2-6H,7H2,1H3,(H,18,20)/b17-8+. The van der Waals surface area contributed by atoms with Crippen molar-refractivity contribution in [3.05, 3.63) is 54.1 Å². The smallest absolute Gasteiger partial charge is 0.312 e. The SMILES string of the molecule is C/C(=N\NC(=O)COc1ccc(Cl)cc1[N+](=O)[O-])c1ccc(Br)s1. The molecule has 7 nitrogen and oxygen atoms in total. The number of carbonyl (C=O) groups is 1. The maximum absolute atomic E-state index is 11.8. The van der Waals surface area contributed by atoms with Crippen molar-refractivity contribution in [3.63, 3.8) is 0 Å². The number of halogens is 2. The van der Waals surface area contributed by atoms with Crippen LogP contribution in [-0.2, 0) is 4.79 Å². The Labute approximate surface area is 154 Å². The van der Waals surface area contributed by atoms with Crippen LogP contribution in [0.4, 0.5) is 5.69 Å². The van der Waals surface area contributed by atoms with E-state index in [1.165, 1.54) is 23.5 Å². The van der Waals surface area contributed by atoms with Crippen LogP contribution in [0.15, 0.2) is 39.2 Å². The van der Waals surface area contributed by atoms with E-state index in [2.05, 4.69) is 26.5 Å². The number of hydrazone groups is 1. The Kier molecular flexibility index (Phi) is 6.29. The van der Waals surface area contributed by atoms with E-state index >= 15 is 0 Å². The van der Waals surface area contributed by atoms with Gasteiger partial charge in [-0.25, -0.2) is 5.43 Å². The number of hydrogen-bond acceptors (Lipinski definition) is 6. The number of hydrogen-bond donors (Lipinski definition) is 1. The zero-order chi connectivity index (χ0) is 17.7. The van der Waals surface area contributed by atoms with Crippen molar-refractivity contribution in [2.75, 3.05) is 6.61 Å². The largest absolute Gasteiger partial charge is 0.477 e. The molecule has 0 spiro atoms. The lowest BCUT2D eigenvalue weighted by Crippen LogP contribution is -2.25. The van der Waals surface area contributed by atoms with E-state index in [1.807, 2.05) is 12.1 Å². The predicted molar refractivity (Wildman–Crippen MR) is 96.0 cm³/mol. The molecule has 0 unspecified atom stereocenters. The molecule has 1 heterocycles. The van der Waals surface area contributed by atoms with Gasteiger partial charge in [-0.2, -0.15) is 5.10 Å². The fraction of sp³-hybridized carbons (Fsp3) is 0.143. The van der Waals surface area contributed by atoms with E-state index in [0.29, 0.717) is 5.71 Å². The molecule has 0 aliphatic carbocycles. The number of rotatable bonds is 6. The van der Waals surface area contributed by atoms with Crippen LogP contribution >= 0.6 is 38.9 Å². The maximum atomic E-state index is 11.8. The fourth-order valence-corrected chi connectivity index (χ4v) is 3.14. The van der Waals surface area contributed by atoms with Crippen molar-refractivity contribution < 1.29 is 14.5 Å². The van der Waals surface area contributed by atoms with Crippen molar-refractivity contribution in [1.82, 2.24) is 5.43 Å². The summed E-state index contributed by atoms with van der Waals surface area (Å²) in [6.07, 6.45) is 0. The molecule has 1 aromatic carbocycles. The summed E-state index contributed by atoms with van der Waals surface area (Å²) in [7, 11) is 0. The highest BCUT2D eigenvalue weighted by Gasteiger charge is 2.16.